The lowest BCUT2D eigenvalue weighted by Crippen LogP contribution is -2.42. The molecule has 0 aliphatic carbocycles. The standard InChI is InChI=1S/C25H28N4O3/c1-17-6-5-7-18(2)24(17)29-15-19(14-22(29)30)25-26-20-8-3-4-9-21(20)28(25)16-23(31)27-10-12-32-13-11-27/h3-9,19H,10-16H2,1-2H3/t19-/m0/s1. The van der Waals surface area contributed by atoms with Crippen LogP contribution in [-0.4, -0.2) is 59.1 Å². The van der Waals surface area contributed by atoms with Crippen molar-refractivity contribution >= 4 is 28.5 Å². The van der Waals surface area contributed by atoms with Crippen LogP contribution >= 0.6 is 0 Å². The molecule has 1 atom stereocenters. The van der Waals surface area contributed by atoms with Crippen molar-refractivity contribution < 1.29 is 14.3 Å². The van der Waals surface area contributed by atoms with Crippen molar-refractivity contribution in [1.82, 2.24) is 14.5 Å². The van der Waals surface area contributed by atoms with E-state index in [1.165, 1.54) is 0 Å². The van der Waals surface area contributed by atoms with Gasteiger partial charge in [0, 0.05) is 37.7 Å². The number of morpholine rings is 1. The van der Waals surface area contributed by atoms with Crippen LogP contribution in [0.1, 0.15) is 29.3 Å². The Bertz CT molecular complexity index is 1160. The Kier molecular flexibility index (Phi) is 5.43. The first-order valence-electron chi connectivity index (χ1n) is 11.2. The van der Waals surface area contributed by atoms with E-state index in [-0.39, 0.29) is 24.3 Å². The second-order valence-electron chi connectivity index (χ2n) is 8.68. The number of fused-ring (bicyclic) bond motifs is 1. The Labute approximate surface area is 187 Å². The van der Waals surface area contributed by atoms with Gasteiger partial charge in [-0.05, 0) is 37.1 Å². The molecule has 0 N–H and O–H groups in total. The van der Waals surface area contributed by atoms with Gasteiger partial charge in [0.05, 0.1) is 24.2 Å². The van der Waals surface area contributed by atoms with E-state index in [1.807, 2.05) is 70.7 Å². The van der Waals surface area contributed by atoms with Crippen LogP contribution in [0.2, 0.25) is 0 Å². The summed E-state index contributed by atoms with van der Waals surface area (Å²) in [5.41, 5.74) is 4.97. The molecule has 2 amide bonds. The number of aryl methyl sites for hydroxylation is 2. The fourth-order valence-electron chi connectivity index (χ4n) is 4.95. The second-order valence-corrected chi connectivity index (χ2v) is 8.68. The van der Waals surface area contributed by atoms with E-state index in [0.717, 1.165) is 33.7 Å². The lowest BCUT2D eigenvalue weighted by Gasteiger charge is -2.27. The van der Waals surface area contributed by atoms with E-state index < -0.39 is 0 Å². The molecule has 166 valence electrons. The number of amides is 2. The first kappa shape index (κ1) is 20.7. The molecule has 7 heteroatoms. The average Bonchev–Trinajstić information content (AvgIpc) is 3.35. The molecule has 0 bridgehead atoms. The molecule has 3 heterocycles. The number of rotatable bonds is 4. The first-order chi connectivity index (χ1) is 15.5. The first-order valence-corrected chi connectivity index (χ1v) is 11.2. The van der Waals surface area contributed by atoms with Crippen LogP contribution in [0, 0.1) is 13.8 Å². The molecule has 0 unspecified atom stereocenters. The normalized spacial score (nSPS) is 19.2. The zero-order valence-corrected chi connectivity index (χ0v) is 18.6. The van der Waals surface area contributed by atoms with Crippen LogP contribution in [0.25, 0.3) is 11.0 Å². The van der Waals surface area contributed by atoms with Crippen LogP contribution in [0.4, 0.5) is 5.69 Å². The van der Waals surface area contributed by atoms with Gasteiger partial charge in [-0.2, -0.15) is 0 Å². The average molecular weight is 433 g/mol. The monoisotopic (exact) mass is 432 g/mol. The van der Waals surface area contributed by atoms with E-state index in [4.69, 9.17) is 9.72 Å². The maximum atomic E-state index is 13.1. The quantitative estimate of drug-likeness (QED) is 0.636. The van der Waals surface area contributed by atoms with Crippen molar-refractivity contribution in [2.75, 3.05) is 37.7 Å². The third kappa shape index (κ3) is 3.66. The second kappa shape index (κ2) is 8.39. The number of ether oxygens (including phenoxy) is 1. The molecule has 2 aromatic carbocycles. The van der Waals surface area contributed by atoms with Gasteiger partial charge in [-0.1, -0.05) is 30.3 Å². The van der Waals surface area contributed by atoms with E-state index in [1.54, 1.807) is 0 Å². The van der Waals surface area contributed by atoms with Gasteiger partial charge in [0.15, 0.2) is 0 Å². The summed E-state index contributed by atoms with van der Waals surface area (Å²) >= 11 is 0. The minimum atomic E-state index is -0.0635. The summed E-state index contributed by atoms with van der Waals surface area (Å²) < 4.78 is 7.40. The summed E-state index contributed by atoms with van der Waals surface area (Å²) in [4.78, 5) is 34.8. The Balaban J connectivity index is 1.48. The maximum absolute atomic E-state index is 13.1. The lowest BCUT2D eigenvalue weighted by molar-refractivity contribution is -0.135. The third-order valence-electron chi connectivity index (χ3n) is 6.54. The molecule has 1 aromatic heterocycles. The number of hydrogen-bond acceptors (Lipinski definition) is 4. The van der Waals surface area contributed by atoms with Crippen molar-refractivity contribution in [3.63, 3.8) is 0 Å². The van der Waals surface area contributed by atoms with Crippen molar-refractivity contribution in [2.45, 2.75) is 32.7 Å². The Morgan fingerprint density at radius 2 is 1.78 bits per heavy atom. The topological polar surface area (TPSA) is 67.7 Å². The Morgan fingerprint density at radius 1 is 1.06 bits per heavy atom. The Hall–Kier alpha value is -3.19. The fourth-order valence-corrected chi connectivity index (χ4v) is 4.95. The number of nitrogens with zero attached hydrogens (tertiary/aromatic N) is 4. The van der Waals surface area contributed by atoms with Crippen molar-refractivity contribution in [3.05, 3.63) is 59.4 Å². The number of benzene rings is 2. The van der Waals surface area contributed by atoms with Crippen LogP contribution < -0.4 is 4.90 Å². The van der Waals surface area contributed by atoms with Crippen LogP contribution in [0.15, 0.2) is 42.5 Å². The van der Waals surface area contributed by atoms with E-state index in [0.29, 0.717) is 39.3 Å². The van der Waals surface area contributed by atoms with Gasteiger partial charge in [-0.15, -0.1) is 0 Å². The van der Waals surface area contributed by atoms with Crippen LogP contribution in [-0.2, 0) is 20.9 Å². The fraction of sp³-hybridized carbons (Fsp3) is 0.400. The predicted molar refractivity (Wildman–Crippen MR) is 123 cm³/mol. The molecule has 5 rings (SSSR count). The molecule has 0 radical (unpaired) electrons. The van der Waals surface area contributed by atoms with Crippen molar-refractivity contribution in [2.24, 2.45) is 0 Å². The molecule has 2 fully saturated rings. The molecule has 2 saturated heterocycles. The highest BCUT2D eigenvalue weighted by Gasteiger charge is 2.36. The van der Waals surface area contributed by atoms with E-state index in [9.17, 15) is 9.59 Å². The smallest absolute Gasteiger partial charge is 0.242 e. The molecule has 7 nitrogen and oxygen atoms in total. The molecule has 2 aliphatic heterocycles. The largest absolute Gasteiger partial charge is 0.378 e. The van der Waals surface area contributed by atoms with Gasteiger partial charge >= 0.3 is 0 Å². The third-order valence-corrected chi connectivity index (χ3v) is 6.54. The van der Waals surface area contributed by atoms with Crippen molar-refractivity contribution in [1.29, 1.82) is 0 Å². The van der Waals surface area contributed by atoms with Gasteiger partial charge in [-0.3, -0.25) is 9.59 Å². The molecule has 0 spiro atoms. The molecule has 0 saturated carbocycles. The summed E-state index contributed by atoms with van der Waals surface area (Å²) in [7, 11) is 0. The Morgan fingerprint density at radius 3 is 2.53 bits per heavy atom. The number of anilines is 1. The molecular weight excluding hydrogens is 404 g/mol. The van der Waals surface area contributed by atoms with E-state index in [2.05, 4.69) is 0 Å². The number of carbonyl (C=O) groups is 2. The zero-order valence-electron chi connectivity index (χ0n) is 18.6. The summed E-state index contributed by atoms with van der Waals surface area (Å²) in [6, 6.07) is 14.0. The summed E-state index contributed by atoms with van der Waals surface area (Å²) in [5.74, 6) is 0.917. The predicted octanol–water partition coefficient (Wildman–Crippen LogP) is 3.03. The van der Waals surface area contributed by atoms with Gasteiger partial charge in [-0.25, -0.2) is 4.98 Å². The highest BCUT2D eigenvalue weighted by Crippen LogP contribution is 2.36. The summed E-state index contributed by atoms with van der Waals surface area (Å²) in [6.45, 7) is 7.25. The zero-order chi connectivity index (χ0) is 22.2. The van der Waals surface area contributed by atoms with Crippen molar-refractivity contribution in [3.8, 4) is 0 Å². The molecule has 32 heavy (non-hydrogen) atoms. The van der Waals surface area contributed by atoms with E-state index >= 15 is 0 Å². The maximum Gasteiger partial charge on any atom is 0.242 e. The van der Waals surface area contributed by atoms with Crippen LogP contribution in [0.3, 0.4) is 0 Å². The molecular formula is C25H28N4O3. The minimum absolute atomic E-state index is 0.0635. The summed E-state index contributed by atoms with van der Waals surface area (Å²) in [6.07, 6.45) is 0.392. The SMILES string of the molecule is Cc1cccc(C)c1N1C[C@@H](c2nc3ccccc3n2CC(=O)N2CCOCC2)CC1=O. The number of imidazole rings is 1. The van der Waals surface area contributed by atoms with Gasteiger partial charge < -0.3 is 19.1 Å². The van der Waals surface area contributed by atoms with Crippen LogP contribution in [0.5, 0.6) is 0 Å². The number of hydrogen-bond donors (Lipinski definition) is 0. The van der Waals surface area contributed by atoms with Gasteiger partial charge in [0.2, 0.25) is 11.8 Å². The molecule has 3 aromatic rings. The van der Waals surface area contributed by atoms with Gasteiger partial charge in [0.25, 0.3) is 0 Å². The number of para-hydroxylation sites is 3. The number of aromatic nitrogens is 2. The molecule has 2 aliphatic rings. The van der Waals surface area contributed by atoms with Gasteiger partial charge in [0.1, 0.15) is 12.4 Å². The highest BCUT2D eigenvalue weighted by atomic mass is 16.5. The minimum Gasteiger partial charge on any atom is -0.378 e. The lowest BCUT2D eigenvalue weighted by atomic mass is 10.1. The summed E-state index contributed by atoms with van der Waals surface area (Å²) in [5, 5.41) is 0. The number of carbonyl (C=O) groups excluding carboxylic acids is 2. The highest BCUT2D eigenvalue weighted by molar-refractivity contribution is 5.98.